The van der Waals surface area contributed by atoms with E-state index in [9.17, 15) is 4.79 Å². The molecule has 7 heteroatoms. The maximum absolute atomic E-state index is 13.1. The van der Waals surface area contributed by atoms with Gasteiger partial charge in [0.25, 0.3) is 0 Å². The summed E-state index contributed by atoms with van der Waals surface area (Å²) in [7, 11) is 1.67. The Balaban J connectivity index is 0.00000288. The van der Waals surface area contributed by atoms with Gasteiger partial charge in [-0.2, -0.15) is 0 Å². The number of amides is 1. The minimum Gasteiger partial charge on any atom is -0.385 e. The van der Waals surface area contributed by atoms with Gasteiger partial charge in [0.05, 0.1) is 15.5 Å². The van der Waals surface area contributed by atoms with Gasteiger partial charge in [0.15, 0.2) is 0 Å². The fourth-order valence-corrected chi connectivity index (χ4v) is 3.39. The number of carbonyl (C=O) groups excluding carboxylic acids is 1. The Morgan fingerprint density at radius 1 is 1.38 bits per heavy atom. The van der Waals surface area contributed by atoms with E-state index in [1.165, 1.54) is 0 Å². The van der Waals surface area contributed by atoms with Gasteiger partial charge in [0.2, 0.25) is 5.91 Å². The van der Waals surface area contributed by atoms with Crippen molar-refractivity contribution in [2.45, 2.75) is 26.3 Å². The summed E-state index contributed by atoms with van der Waals surface area (Å²) < 4.78 is 5.21. The maximum Gasteiger partial charge on any atom is 0.230 e. The molecule has 2 rings (SSSR count). The lowest BCUT2D eigenvalue weighted by Crippen LogP contribution is -2.45. The topological polar surface area (TPSA) is 41.6 Å². The molecule has 0 spiro atoms. The van der Waals surface area contributed by atoms with Crippen LogP contribution in [0.3, 0.4) is 0 Å². The third kappa shape index (κ3) is 4.99. The Hall–Kier alpha value is -0.520. The molecule has 0 radical (unpaired) electrons. The van der Waals surface area contributed by atoms with Crippen LogP contribution in [-0.4, -0.2) is 44.2 Å². The number of ether oxygens (including phenoxy) is 1. The van der Waals surface area contributed by atoms with E-state index in [0.717, 1.165) is 24.9 Å². The second-order valence-corrected chi connectivity index (χ2v) is 6.83. The third-order valence-electron chi connectivity index (χ3n) is 4.51. The maximum atomic E-state index is 13.1. The van der Waals surface area contributed by atoms with Crippen molar-refractivity contribution in [3.8, 4) is 0 Å². The van der Waals surface area contributed by atoms with Gasteiger partial charge in [-0.05, 0) is 44.0 Å². The van der Waals surface area contributed by atoms with Crippen LogP contribution in [0.4, 0.5) is 0 Å². The number of nitrogens with one attached hydrogen (secondary N) is 1. The van der Waals surface area contributed by atoms with Crippen molar-refractivity contribution in [1.29, 1.82) is 0 Å². The predicted octanol–water partition coefficient (Wildman–Crippen LogP) is 3.78. The SMILES string of the molecule is CCN(Cc1ccc(Cl)c(Cl)c1)C(=O)C1(CCOC)CCNC1.Cl. The van der Waals surface area contributed by atoms with E-state index in [1.807, 2.05) is 24.0 Å². The predicted molar refractivity (Wildman–Crippen MR) is 101 cm³/mol. The minimum absolute atomic E-state index is 0. The second-order valence-electron chi connectivity index (χ2n) is 6.02. The van der Waals surface area contributed by atoms with Crippen LogP contribution in [0.1, 0.15) is 25.3 Å². The highest BCUT2D eigenvalue weighted by Crippen LogP contribution is 2.33. The summed E-state index contributed by atoms with van der Waals surface area (Å²) in [4.78, 5) is 15.0. The largest absolute Gasteiger partial charge is 0.385 e. The van der Waals surface area contributed by atoms with Gasteiger partial charge in [-0.25, -0.2) is 0 Å². The molecule has 1 aliphatic heterocycles. The first-order chi connectivity index (χ1) is 11.0. The van der Waals surface area contributed by atoms with Gasteiger partial charge < -0.3 is 15.0 Å². The molecule has 1 heterocycles. The number of hydrogen-bond donors (Lipinski definition) is 1. The molecule has 1 aliphatic rings. The van der Waals surface area contributed by atoms with Crippen LogP contribution in [0.5, 0.6) is 0 Å². The summed E-state index contributed by atoms with van der Waals surface area (Å²) in [5, 5.41) is 4.37. The van der Waals surface area contributed by atoms with Crippen LogP contribution < -0.4 is 5.32 Å². The molecule has 4 nitrogen and oxygen atoms in total. The Labute approximate surface area is 160 Å². The zero-order valence-electron chi connectivity index (χ0n) is 14.1. The fourth-order valence-electron chi connectivity index (χ4n) is 3.07. The van der Waals surface area contributed by atoms with Gasteiger partial charge in [0.1, 0.15) is 0 Å². The molecule has 24 heavy (non-hydrogen) atoms. The Morgan fingerprint density at radius 3 is 2.67 bits per heavy atom. The first-order valence-electron chi connectivity index (χ1n) is 7.95. The molecule has 1 saturated heterocycles. The molecule has 0 aliphatic carbocycles. The van der Waals surface area contributed by atoms with E-state index in [-0.39, 0.29) is 23.7 Å². The number of methoxy groups -OCH3 is 1. The van der Waals surface area contributed by atoms with Gasteiger partial charge in [-0.1, -0.05) is 29.3 Å². The molecule has 1 unspecified atom stereocenters. The molecular weight excluding hydrogens is 371 g/mol. The number of carbonyl (C=O) groups is 1. The van der Waals surface area contributed by atoms with Crippen LogP contribution in [-0.2, 0) is 16.1 Å². The average molecular weight is 396 g/mol. The Bertz CT molecular complexity index is 549. The highest BCUT2D eigenvalue weighted by atomic mass is 35.5. The van der Waals surface area contributed by atoms with Crippen LogP contribution in [0.2, 0.25) is 10.0 Å². The summed E-state index contributed by atoms with van der Waals surface area (Å²) in [6.45, 7) is 5.39. The van der Waals surface area contributed by atoms with Crippen molar-refractivity contribution < 1.29 is 9.53 Å². The van der Waals surface area contributed by atoms with Crippen molar-refractivity contribution in [3.63, 3.8) is 0 Å². The Morgan fingerprint density at radius 2 is 2.12 bits per heavy atom. The molecule has 1 amide bonds. The van der Waals surface area contributed by atoms with Crippen LogP contribution in [0.25, 0.3) is 0 Å². The van der Waals surface area contributed by atoms with E-state index in [2.05, 4.69) is 5.32 Å². The summed E-state index contributed by atoms with van der Waals surface area (Å²) in [5.74, 6) is 0.188. The van der Waals surface area contributed by atoms with Gasteiger partial charge in [0, 0.05) is 33.4 Å². The minimum atomic E-state index is -0.359. The van der Waals surface area contributed by atoms with Crippen LogP contribution in [0, 0.1) is 5.41 Å². The number of benzene rings is 1. The van der Waals surface area contributed by atoms with Crippen molar-refractivity contribution in [2.75, 3.05) is 33.4 Å². The molecule has 1 aromatic carbocycles. The lowest BCUT2D eigenvalue weighted by atomic mass is 9.82. The monoisotopic (exact) mass is 394 g/mol. The molecule has 0 bridgehead atoms. The first kappa shape index (κ1) is 21.5. The van der Waals surface area contributed by atoms with Crippen molar-refractivity contribution in [1.82, 2.24) is 10.2 Å². The highest BCUT2D eigenvalue weighted by Gasteiger charge is 2.42. The van der Waals surface area contributed by atoms with Gasteiger partial charge in [-0.15, -0.1) is 12.4 Å². The lowest BCUT2D eigenvalue weighted by molar-refractivity contribution is -0.142. The number of nitrogens with zero attached hydrogens (tertiary/aromatic N) is 1. The number of rotatable bonds is 7. The summed E-state index contributed by atoms with van der Waals surface area (Å²) in [5.41, 5.74) is 0.629. The number of hydrogen-bond acceptors (Lipinski definition) is 3. The first-order valence-corrected chi connectivity index (χ1v) is 8.71. The molecule has 136 valence electrons. The number of halogens is 3. The standard InChI is InChI=1S/C17H24Cl2N2O2.ClH/c1-3-21(11-13-4-5-14(18)15(19)10-13)16(22)17(7-9-23-2)6-8-20-12-17;/h4-5,10,20H,3,6-9,11-12H2,1-2H3;1H. The fraction of sp³-hybridized carbons (Fsp3) is 0.588. The molecule has 1 atom stereocenters. The molecule has 1 fully saturated rings. The van der Waals surface area contributed by atoms with E-state index < -0.39 is 0 Å². The quantitative estimate of drug-likeness (QED) is 0.764. The smallest absolute Gasteiger partial charge is 0.230 e. The van der Waals surface area contributed by atoms with Gasteiger partial charge >= 0.3 is 0 Å². The van der Waals surface area contributed by atoms with Crippen molar-refractivity contribution in [2.24, 2.45) is 5.41 Å². The molecule has 0 aromatic heterocycles. The van der Waals surface area contributed by atoms with Crippen LogP contribution in [0.15, 0.2) is 18.2 Å². The zero-order chi connectivity index (χ0) is 16.9. The van der Waals surface area contributed by atoms with E-state index in [0.29, 0.717) is 36.3 Å². The zero-order valence-corrected chi connectivity index (χ0v) is 16.4. The molecular formula is C17H25Cl3N2O2. The molecule has 1 aromatic rings. The highest BCUT2D eigenvalue weighted by molar-refractivity contribution is 6.42. The summed E-state index contributed by atoms with van der Waals surface area (Å²) in [6.07, 6.45) is 1.60. The lowest BCUT2D eigenvalue weighted by Gasteiger charge is -2.33. The second kappa shape index (κ2) is 9.83. The summed E-state index contributed by atoms with van der Waals surface area (Å²) >= 11 is 12.0. The van der Waals surface area contributed by atoms with E-state index in [4.69, 9.17) is 27.9 Å². The van der Waals surface area contributed by atoms with E-state index >= 15 is 0 Å². The van der Waals surface area contributed by atoms with Crippen molar-refractivity contribution >= 4 is 41.5 Å². The van der Waals surface area contributed by atoms with Gasteiger partial charge in [-0.3, -0.25) is 4.79 Å². The summed E-state index contributed by atoms with van der Waals surface area (Å²) in [6, 6.07) is 5.52. The third-order valence-corrected chi connectivity index (χ3v) is 5.25. The molecule has 0 saturated carbocycles. The normalized spacial score (nSPS) is 19.8. The Kier molecular flexibility index (Phi) is 8.82. The van der Waals surface area contributed by atoms with E-state index in [1.54, 1.807) is 13.2 Å². The molecule has 1 N–H and O–H groups in total. The van der Waals surface area contributed by atoms with Crippen molar-refractivity contribution in [3.05, 3.63) is 33.8 Å². The average Bonchev–Trinajstić information content (AvgIpc) is 3.03. The van der Waals surface area contributed by atoms with Crippen LogP contribution >= 0.6 is 35.6 Å².